The van der Waals surface area contributed by atoms with Gasteiger partial charge in [-0.2, -0.15) is 0 Å². The molecule has 2 aromatic rings. The van der Waals surface area contributed by atoms with Gasteiger partial charge in [0.05, 0.1) is 6.54 Å². The van der Waals surface area contributed by atoms with Gasteiger partial charge in [0.25, 0.3) is 0 Å². The number of tetrazole rings is 1. The molecule has 1 aliphatic heterocycles. The predicted octanol–water partition coefficient (Wildman–Crippen LogP) is 2.08. The number of anilines is 1. The van der Waals surface area contributed by atoms with E-state index in [1.165, 1.54) is 6.42 Å². The molecule has 1 aromatic carbocycles. The van der Waals surface area contributed by atoms with Crippen LogP contribution in [0.3, 0.4) is 0 Å². The van der Waals surface area contributed by atoms with Gasteiger partial charge < -0.3 is 10.2 Å². The summed E-state index contributed by atoms with van der Waals surface area (Å²) in [4.78, 5) is 14.6. The van der Waals surface area contributed by atoms with Crippen LogP contribution >= 0.6 is 0 Å². The second-order valence-corrected chi connectivity index (χ2v) is 6.49. The van der Waals surface area contributed by atoms with Crippen molar-refractivity contribution < 1.29 is 4.79 Å². The molecular formula is C17H24N6O. The summed E-state index contributed by atoms with van der Waals surface area (Å²) in [6, 6.07) is 8.43. The molecule has 1 fully saturated rings. The zero-order chi connectivity index (χ0) is 17.1. The Morgan fingerprint density at radius 3 is 2.71 bits per heavy atom. The van der Waals surface area contributed by atoms with Crippen LogP contribution in [0.25, 0.3) is 11.4 Å². The third-order valence-corrected chi connectivity index (χ3v) is 4.67. The molecule has 0 spiro atoms. The maximum absolute atomic E-state index is 12.6. The molecule has 1 amide bonds. The van der Waals surface area contributed by atoms with Gasteiger partial charge in [-0.25, -0.2) is 4.68 Å². The molecule has 24 heavy (non-hydrogen) atoms. The predicted molar refractivity (Wildman–Crippen MR) is 92.3 cm³/mol. The molecule has 7 heteroatoms. The normalized spacial score (nSPS) is 20.9. The molecule has 1 N–H and O–H groups in total. The molecule has 2 heterocycles. The van der Waals surface area contributed by atoms with Gasteiger partial charge in [0.15, 0.2) is 5.82 Å². The minimum atomic E-state index is 0.153. The molecule has 2 atom stereocenters. The summed E-state index contributed by atoms with van der Waals surface area (Å²) in [5, 5.41) is 14.8. The number of piperidine rings is 1. The molecule has 1 aliphatic rings. The fourth-order valence-corrected chi connectivity index (χ4v) is 3.42. The number of nitrogens with one attached hydrogen (secondary N) is 1. The molecule has 2 unspecified atom stereocenters. The highest BCUT2D eigenvalue weighted by Crippen LogP contribution is 2.23. The summed E-state index contributed by atoms with van der Waals surface area (Å²) in [5.41, 5.74) is 1.81. The zero-order valence-corrected chi connectivity index (χ0v) is 14.4. The molecule has 128 valence electrons. The Morgan fingerprint density at radius 2 is 2.04 bits per heavy atom. The molecule has 7 nitrogen and oxygen atoms in total. The van der Waals surface area contributed by atoms with E-state index < -0.39 is 0 Å². The van der Waals surface area contributed by atoms with Crippen LogP contribution in [-0.4, -0.2) is 49.6 Å². The quantitative estimate of drug-likeness (QED) is 0.930. The van der Waals surface area contributed by atoms with Crippen molar-refractivity contribution in [2.75, 3.05) is 11.9 Å². The molecule has 1 aromatic heterocycles. The summed E-state index contributed by atoms with van der Waals surface area (Å²) in [6.45, 7) is 4.57. The van der Waals surface area contributed by atoms with Crippen molar-refractivity contribution in [1.29, 1.82) is 0 Å². The number of rotatable bonds is 4. The third kappa shape index (κ3) is 3.39. The standard InChI is InChI=1S/C17H24N6O/c1-12-6-4-7-13(2)23(12)16(24)11-18-15-9-5-8-14(10-15)17-19-20-21-22(17)3/h5,8-10,12-13,18H,4,6-7,11H2,1-3H3. The van der Waals surface area contributed by atoms with Gasteiger partial charge in [0.2, 0.25) is 5.91 Å². The number of amides is 1. The number of hydrogen-bond donors (Lipinski definition) is 1. The number of hydrogen-bond acceptors (Lipinski definition) is 5. The number of carbonyl (C=O) groups is 1. The van der Waals surface area contributed by atoms with Gasteiger partial charge in [-0.1, -0.05) is 12.1 Å². The van der Waals surface area contributed by atoms with Crippen molar-refractivity contribution >= 4 is 11.6 Å². The SMILES string of the molecule is CC1CCCC(C)N1C(=O)CNc1cccc(-c2nnnn2C)c1. The van der Waals surface area contributed by atoms with E-state index in [-0.39, 0.29) is 5.91 Å². The highest BCUT2D eigenvalue weighted by atomic mass is 16.2. The zero-order valence-electron chi connectivity index (χ0n) is 14.4. The van der Waals surface area contributed by atoms with Crippen LogP contribution in [0.1, 0.15) is 33.1 Å². The lowest BCUT2D eigenvalue weighted by molar-refractivity contribution is -0.135. The summed E-state index contributed by atoms with van der Waals surface area (Å²) >= 11 is 0. The van der Waals surface area contributed by atoms with E-state index >= 15 is 0 Å². The number of carbonyl (C=O) groups excluding carboxylic acids is 1. The Kier molecular flexibility index (Phi) is 4.78. The van der Waals surface area contributed by atoms with E-state index in [9.17, 15) is 4.79 Å². The first kappa shape index (κ1) is 16.4. The van der Waals surface area contributed by atoms with Crippen molar-refractivity contribution in [3.05, 3.63) is 24.3 Å². The fraction of sp³-hybridized carbons (Fsp3) is 0.529. The van der Waals surface area contributed by atoms with E-state index in [4.69, 9.17) is 0 Å². The Morgan fingerprint density at radius 1 is 1.29 bits per heavy atom. The number of aryl methyl sites for hydroxylation is 1. The maximum Gasteiger partial charge on any atom is 0.242 e. The summed E-state index contributed by atoms with van der Waals surface area (Å²) in [5.74, 6) is 0.851. The van der Waals surface area contributed by atoms with Crippen molar-refractivity contribution in [3.63, 3.8) is 0 Å². The number of aromatic nitrogens is 4. The van der Waals surface area contributed by atoms with Crippen LogP contribution in [0, 0.1) is 0 Å². The number of likely N-dealkylation sites (tertiary alicyclic amines) is 1. The lowest BCUT2D eigenvalue weighted by atomic mass is 9.97. The molecular weight excluding hydrogens is 304 g/mol. The number of nitrogens with zero attached hydrogens (tertiary/aromatic N) is 5. The van der Waals surface area contributed by atoms with E-state index in [0.717, 1.165) is 24.1 Å². The molecule has 0 bridgehead atoms. The highest BCUT2D eigenvalue weighted by molar-refractivity contribution is 5.81. The van der Waals surface area contributed by atoms with E-state index in [0.29, 0.717) is 24.5 Å². The summed E-state index contributed by atoms with van der Waals surface area (Å²) in [6.07, 6.45) is 3.38. The molecule has 0 radical (unpaired) electrons. The fourth-order valence-electron chi connectivity index (χ4n) is 3.42. The maximum atomic E-state index is 12.6. The molecule has 0 saturated carbocycles. The first-order chi connectivity index (χ1) is 11.6. The molecule has 0 aliphatic carbocycles. The van der Waals surface area contributed by atoms with Gasteiger partial charge >= 0.3 is 0 Å². The second-order valence-electron chi connectivity index (χ2n) is 6.49. The minimum absolute atomic E-state index is 0.153. The summed E-state index contributed by atoms with van der Waals surface area (Å²) in [7, 11) is 1.80. The third-order valence-electron chi connectivity index (χ3n) is 4.67. The van der Waals surface area contributed by atoms with Crippen molar-refractivity contribution in [2.45, 2.75) is 45.2 Å². The molecule has 1 saturated heterocycles. The van der Waals surface area contributed by atoms with Crippen LogP contribution in [0.5, 0.6) is 0 Å². The Balaban J connectivity index is 1.66. The van der Waals surface area contributed by atoms with Gasteiger partial charge in [-0.05, 0) is 55.7 Å². The van der Waals surface area contributed by atoms with E-state index in [1.807, 2.05) is 29.2 Å². The van der Waals surface area contributed by atoms with Crippen LogP contribution in [0.4, 0.5) is 5.69 Å². The van der Waals surface area contributed by atoms with Crippen LogP contribution in [-0.2, 0) is 11.8 Å². The lowest BCUT2D eigenvalue weighted by Gasteiger charge is -2.39. The Hall–Kier alpha value is -2.44. The lowest BCUT2D eigenvalue weighted by Crippen LogP contribution is -2.49. The van der Waals surface area contributed by atoms with E-state index in [1.54, 1.807) is 11.7 Å². The average molecular weight is 328 g/mol. The highest BCUT2D eigenvalue weighted by Gasteiger charge is 2.28. The van der Waals surface area contributed by atoms with Crippen LogP contribution in [0.2, 0.25) is 0 Å². The van der Waals surface area contributed by atoms with Gasteiger partial charge in [-0.3, -0.25) is 4.79 Å². The van der Waals surface area contributed by atoms with Crippen molar-refractivity contribution in [3.8, 4) is 11.4 Å². The van der Waals surface area contributed by atoms with Gasteiger partial charge in [-0.15, -0.1) is 5.10 Å². The van der Waals surface area contributed by atoms with Crippen LogP contribution in [0.15, 0.2) is 24.3 Å². The first-order valence-electron chi connectivity index (χ1n) is 8.44. The number of benzene rings is 1. The van der Waals surface area contributed by atoms with Crippen molar-refractivity contribution in [1.82, 2.24) is 25.1 Å². The smallest absolute Gasteiger partial charge is 0.242 e. The largest absolute Gasteiger partial charge is 0.376 e. The van der Waals surface area contributed by atoms with Crippen molar-refractivity contribution in [2.24, 2.45) is 7.05 Å². The van der Waals surface area contributed by atoms with Crippen LogP contribution < -0.4 is 5.32 Å². The van der Waals surface area contributed by atoms with Gasteiger partial charge in [0.1, 0.15) is 0 Å². The average Bonchev–Trinajstić information content (AvgIpc) is 2.99. The Labute approximate surface area is 142 Å². The minimum Gasteiger partial charge on any atom is -0.376 e. The molecule has 3 rings (SSSR count). The summed E-state index contributed by atoms with van der Waals surface area (Å²) < 4.78 is 1.63. The second kappa shape index (κ2) is 6.98. The van der Waals surface area contributed by atoms with E-state index in [2.05, 4.69) is 34.7 Å². The Bertz CT molecular complexity index is 703. The first-order valence-corrected chi connectivity index (χ1v) is 8.44. The van der Waals surface area contributed by atoms with Gasteiger partial charge in [0, 0.05) is 30.4 Å². The monoisotopic (exact) mass is 328 g/mol. The topological polar surface area (TPSA) is 75.9 Å².